The van der Waals surface area contributed by atoms with Crippen LogP contribution in [0.5, 0.6) is 0 Å². The number of aromatic nitrogens is 2. The molecule has 0 spiro atoms. The predicted molar refractivity (Wildman–Crippen MR) is 59.6 cm³/mol. The van der Waals surface area contributed by atoms with E-state index in [1.807, 2.05) is 0 Å². The minimum absolute atomic E-state index is 0.110. The summed E-state index contributed by atoms with van der Waals surface area (Å²) in [7, 11) is 0. The molecule has 84 valence electrons. The van der Waals surface area contributed by atoms with Crippen LogP contribution in [0.15, 0.2) is 18.5 Å². The molecule has 1 N–H and O–H groups in total. The number of carbonyl (C=O) groups excluding carboxylic acids is 1. The van der Waals surface area contributed by atoms with Crippen LogP contribution in [0, 0.1) is 17.8 Å². The summed E-state index contributed by atoms with van der Waals surface area (Å²) in [6, 6.07) is 1.74. The third-order valence-corrected chi connectivity index (χ3v) is 3.88. The molecule has 1 aromatic rings. The third kappa shape index (κ3) is 1.68. The standard InChI is InChI=1S/C12H15N3O/c16-11(15-12-13-4-1-5-14-12)10-7-8-2-3-9(10)6-8/h1,4-5,8-10H,2-3,6-7H2,(H,13,14,15,16). The summed E-state index contributed by atoms with van der Waals surface area (Å²) >= 11 is 0. The minimum Gasteiger partial charge on any atom is -0.294 e. The maximum Gasteiger partial charge on any atom is 0.230 e. The van der Waals surface area contributed by atoms with Gasteiger partial charge in [-0.05, 0) is 37.2 Å². The fraction of sp³-hybridized carbons (Fsp3) is 0.583. The molecule has 1 aromatic heterocycles. The van der Waals surface area contributed by atoms with Crippen LogP contribution in [0.25, 0.3) is 0 Å². The van der Waals surface area contributed by atoms with Crippen LogP contribution in [-0.2, 0) is 4.79 Å². The molecule has 3 rings (SSSR count). The second-order valence-corrected chi connectivity index (χ2v) is 4.84. The molecule has 3 atom stereocenters. The zero-order valence-corrected chi connectivity index (χ0v) is 9.10. The summed E-state index contributed by atoms with van der Waals surface area (Å²) in [6.07, 6.45) is 8.12. The van der Waals surface area contributed by atoms with Gasteiger partial charge in [0.15, 0.2) is 0 Å². The van der Waals surface area contributed by atoms with Crippen molar-refractivity contribution in [2.75, 3.05) is 5.32 Å². The fourth-order valence-electron chi connectivity index (χ4n) is 3.13. The molecule has 0 aliphatic heterocycles. The Kier molecular flexibility index (Phi) is 2.35. The maximum atomic E-state index is 12.0. The van der Waals surface area contributed by atoms with E-state index in [4.69, 9.17) is 0 Å². The van der Waals surface area contributed by atoms with Gasteiger partial charge in [0.05, 0.1) is 0 Å². The molecule has 2 saturated carbocycles. The lowest BCUT2D eigenvalue weighted by Crippen LogP contribution is -2.27. The highest BCUT2D eigenvalue weighted by atomic mass is 16.2. The summed E-state index contributed by atoms with van der Waals surface area (Å²) in [5.74, 6) is 2.13. The zero-order chi connectivity index (χ0) is 11.0. The van der Waals surface area contributed by atoms with Gasteiger partial charge in [-0.2, -0.15) is 0 Å². The van der Waals surface area contributed by atoms with Crippen molar-refractivity contribution >= 4 is 11.9 Å². The quantitative estimate of drug-likeness (QED) is 0.822. The molecule has 4 nitrogen and oxygen atoms in total. The van der Waals surface area contributed by atoms with Crippen molar-refractivity contribution in [1.29, 1.82) is 0 Å². The van der Waals surface area contributed by atoms with Crippen LogP contribution in [0.3, 0.4) is 0 Å². The fourth-order valence-corrected chi connectivity index (χ4v) is 3.13. The number of anilines is 1. The molecule has 0 aromatic carbocycles. The van der Waals surface area contributed by atoms with E-state index in [-0.39, 0.29) is 11.8 Å². The van der Waals surface area contributed by atoms with Gasteiger partial charge in [0.2, 0.25) is 11.9 Å². The van der Waals surface area contributed by atoms with E-state index in [0.717, 1.165) is 12.3 Å². The normalized spacial score (nSPS) is 31.6. The monoisotopic (exact) mass is 217 g/mol. The van der Waals surface area contributed by atoms with Gasteiger partial charge in [-0.15, -0.1) is 0 Å². The van der Waals surface area contributed by atoms with Gasteiger partial charge < -0.3 is 0 Å². The highest BCUT2D eigenvalue weighted by molar-refractivity contribution is 5.91. The Morgan fingerprint density at radius 2 is 2.06 bits per heavy atom. The van der Waals surface area contributed by atoms with Gasteiger partial charge in [-0.25, -0.2) is 9.97 Å². The van der Waals surface area contributed by atoms with Gasteiger partial charge in [-0.1, -0.05) is 6.42 Å². The molecule has 2 aliphatic carbocycles. The van der Waals surface area contributed by atoms with Crippen LogP contribution in [0.1, 0.15) is 25.7 Å². The lowest BCUT2D eigenvalue weighted by Gasteiger charge is -2.19. The van der Waals surface area contributed by atoms with Crippen molar-refractivity contribution in [3.05, 3.63) is 18.5 Å². The third-order valence-electron chi connectivity index (χ3n) is 3.88. The van der Waals surface area contributed by atoms with Gasteiger partial charge >= 0.3 is 0 Å². The first kappa shape index (κ1) is 9.75. The van der Waals surface area contributed by atoms with Crippen molar-refractivity contribution < 1.29 is 4.79 Å². The molecular weight excluding hydrogens is 202 g/mol. The Bertz CT molecular complexity index is 393. The lowest BCUT2D eigenvalue weighted by atomic mass is 9.88. The Balaban J connectivity index is 1.66. The number of amides is 1. The van der Waals surface area contributed by atoms with E-state index in [1.54, 1.807) is 18.5 Å². The average molecular weight is 217 g/mol. The van der Waals surface area contributed by atoms with Gasteiger partial charge in [0.1, 0.15) is 0 Å². The van der Waals surface area contributed by atoms with Crippen molar-refractivity contribution in [3.8, 4) is 0 Å². The van der Waals surface area contributed by atoms with Crippen LogP contribution >= 0.6 is 0 Å². The van der Waals surface area contributed by atoms with Crippen molar-refractivity contribution in [3.63, 3.8) is 0 Å². The highest BCUT2D eigenvalue weighted by Gasteiger charge is 2.43. The van der Waals surface area contributed by atoms with E-state index in [0.29, 0.717) is 11.9 Å². The Morgan fingerprint density at radius 1 is 1.25 bits per heavy atom. The van der Waals surface area contributed by atoms with E-state index in [9.17, 15) is 4.79 Å². The molecule has 2 fully saturated rings. The smallest absolute Gasteiger partial charge is 0.230 e. The number of hydrogen-bond donors (Lipinski definition) is 1. The van der Waals surface area contributed by atoms with Crippen molar-refractivity contribution in [2.24, 2.45) is 17.8 Å². The SMILES string of the molecule is O=C(Nc1ncccn1)C1CC2CCC1C2. The predicted octanol–water partition coefficient (Wildman–Crippen LogP) is 1.85. The first-order chi connectivity index (χ1) is 7.83. The van der Waals surface area contributed by atoms with Gasteiger partial charge in [0, 0.05) is 18.3 Å². The average Bonchev–Trinajstić information content (AvgIpc) is 2.92. The summed E-state index contributed by atoms with van der Waals surface area (Å²) in [6.45, 7) is 0. The van der Waals surface area contributed by atoms with E-state index in [1.165, 1.54) is 19.3 Å². The molecule has 0 saturated heterocycles. The summed E-state index contributed by atoms with van der Waals surface area (Å²) in [5, 5.41) is 2.81. The van der Waals surface area contributed by atoms with Crippen LogP contribution in [0.2, 0.25) is 0 Å². The molecule has 3 unspecified atom stereocenters. The minimum atomic E-state index is 0.110. The summed E-state index contributed by atoms with van der Waals surface area (Å²) < 4.78 is 0. The summed E-state index contributed by atoms with van der Waals surface area (Å²) in [5.41, 5.74) is 0. The number of hydrogen-bond acceptors (Lipinski definition) is 3. The Morgan fingerprint density at radius 3 is 2.69 bits per heavy atom. The molecule has 2 aliphatic rings. The molecule has 0 radical (unpaired) electrons. The van der Waals surface area contributed by atoms with E-state index < -0.39 is 0 Å². The van der Waals surface area contributed by atoms with Crippen molar-refractivity contribution in [2.45, 2.75) is 25.7 Å². The van der Waals surface area contributed by atoms with Gasteiger partial charge in [0.25, 0.3) is 0 Å². The first-order valence-corrected chi connectivity index (χ1v) is 5.91. The number of rotatable bonds is 2. The summed E-state index contributed by atoms with van der Waals surface area (Å²) in [4.78, 5) is 20.0. The van der Waals surface area contributed by atoms with E-state index >= 15 is 0 Å². The molecular formula is C12H15N3O. The number of carbonyl (C=O) groups is 1. The van der Waals surface area contributed by atoms with E-state index in [2.05, 4.69) is 15.3 Å². The lowest BCUT2D eigenvalue weighted by molar-refractivity contribution is -0.121. The molecule has 1 amide bonds. The van der Waals surface area contributed by atoms with Crippen LogP contribution in [-0.4, -0.2) is 15.9 Å². The second kappa shape index (κ2) is 3.85. The molecule has 2 bridgehead atoms. The zero-order valence-electron chi connectivity index (χ0n) is 9.10. The topological polar surface area (TPSA) is 54.9 Å². The molecule has 4 heteroatoms. The largest absolute Gasteiger partial charge is 0.294 e. The van der Waals surface area contributed by atoms with Crippen molar-refractivity contribution in [1.82, 2.24) is 9.97 Å². The number of nitrogens with zero attached hydrogens (tertiary/aromatic N) is 2. The molecule has 1 heterocycles. The first-order valence-electron chi connectivity index (χ1n) is 5.91. The highest BCUT2D eigenvalue weighted by Crippen LogP contribution is 2.48. The second-order valence-electron chi connectivity index (χ2n) is 4.84. The Hall–Kier alpha value is -1.45. The van der Waals surface area contributed by atoms with Gasteiger partial charge in [-0.3, -0.25) is 10.1 Å². The van der Waals surface area contributed by atoms with Crippen LogP contribution in [0.4, 0.5) is 5.95 Å². The number of fused-ring (bicyclic) bond motifs is 2. The molecule has 16 heavy (non-hydrogen) atoms. The Labute approximate surface area is 94.5 Å². The van der Waals surface area contributed by atoms with Crippen LogP contribution < -0.4 is 5.32 Å². The number of nitrogens with one attached hydrogen (secondary N) is 1. The maximum absolute atomic E-state index is 12.0.